The lowest BCUT2D eigenvalue weighted by Crippen LogP contribution is -2.13. The van der Waals surface area contributed by atoms with Crippen molar-refractivity contribution in [1.29, 1.82) is 0 Å². The fourth-order valence-electron chi connectivity index (χ4n) is 4.00. The number of imidazole rings is 1. The van der Waals surface area contributed by atoms with Gasteiger partial charge in [-0.05, 0) is 36.8 Å². The zero-order chi connectivity index (χ0) is 21.8. The van der Waals surface area contributed by atoms with Crippen LogP contribution in [-0.2, 0) is 17.1 Å². The quantitative estimate of drug-likeness (QED) is 0.464. The number of nitrogens with zero attached hydrogens (tertiary/aromatic N) is 3. The van der Waals surface area contributed by atoms with Gasteiger partial charge in [0.25, 0.3) is 10.0 Å². The van der Waals surface area contributed by atoms with E-state index in [1.807, 2.05) is 44.3 Å². The summed E-state index contributed by atoms with van der Waals surface area (Å²) in [7, 11) is -2.04. The highest BCUT2D eigenvalue weighted by Gasteiger charge is 2.24. The molecular formula is C24H21N3O3S. The maximum atomic E-state index is 13.7. The minimum absolute atomic E-state index is 0.221. The molecular weight excluding hydrogens is 410 g/mol. The van der Waals surface area contributed by atoms with Gasteiger partial charge in [0.2, 0.25) is 0 Å². The Morgan fingerprint density at radius 2 is 1.65 bits per heavy atom. The van der Waals surface area contributed by atoms with E-state index in [2.05, 4.69) is 4.98 Å². The Kier molecular flexibility index (Phi) is 4.46. The third-order valence-electron chi connectivity index (χ3n) is 5.66. The molecule has 1 N–H and O–H groups in total. The van der Waals surface area contributed by atoms with Crippen LogP contribution in [0.25, 0.3) is 21.8 Å². The van der Waals surface area contributed by atoms with Crippen molar-refractivity contribution < 1.29 is 13.5 Å². The average molecular weight is 432 g/mol. The van der Waals surface area contributed by atoms with Gasteiger partial charge in [0, 0.05) is 17.8 Å². The first kappa shape index (κ1) is 19.5. The molecule has 0 aliphatic carbocycles. The van der Waals surface area contributed by atoms with Crippen LogP contribution in [0.1, 0.15) is 22.9 Å². The Hall–Kier alpha value is -3.42. The van der Waals surface area contributed by atoms with Crippen LogP contribution in [0, 0.1) is 6.92 Å². The molecule has 0 radical (unpaired) electrons. The number of aromatic nitrogens is 3. The minimum Gasteiger partial charge on any atom is -0.382 e. The molecule has 1 atom stereocenters. The predicted octanol–water partition coefficient (Wildman–Crippen LogP) is 4.16. The molecule has 3 aromatic carbocycles. The van der Waals surface area contributed by atoms with Gasteiger partial charge >= 0.3 is 0 Å². The number of para-hydroxylation sites is 1. The topological polar surface area (TPSA) is 77.1 Å². The van der Waals surface area contributed by atoms with Crippen molar-refractivity contribution in [3.63, 3.8) is 0 Å². The number of hydrogen-bond acceptors (Lipinski definition) is 4. The standard InChI is InChI=1S/C24H21N3O3S/c1-16-7-10-18(11-8-16)31(29,30)27-21-6-4-3-5-19(21)20-12-9-17(13-22(20)27)24(28)23-14-25-15-26(23)2/h3-15,24,28H,1-2H3. The number of rotatable bonds is 4. The Labute approximate surface area is 180 Å². The summed E-state index contributed by atoms with van der Waals surface area (Å²) in [4.78, 5) is 4.29. The van der Waals surface area contributed by atoms with E-state index in [0.717, 1.165) is 16.3 Å². The zero-order valence-corrected chi connectivity index (χ0v) is 17.9. The Morgan fingerprint density at radius 3 is 2.35 bits per heavy atom. The van der Waals surface area contributed by atoms with Crippen molar-refractivity contribution in [2.75, 3.05) is 0 Å². The third-order valence-corrected chi connectivity index (χ3v) is 7.40. The zero-order valence-electron chi connectivity index (χ0n) is 17.1. The number of aliphatic hydroxyl groups excluding tert-OH is 1. The van der Waals surface area contributed by atoms with Gasteiger partial charge in [-0.25, -0.2) is 17.4 Å². The van der Waals surface area contributed by atoms with Gasteiger partial charge in [0.1, 0.15) is 6.10 Å². The summed E-state index contributed by atoms with van der Waals surface area (Å²) in [5.41, 5.74) is 3.34. The summed E-state index contributed by atoms with van der Waals surface area (Å²) >= 11 is 0. The lowest BCUT2D eigenvalue weighted by Gasteiger charge is -2.13. The summed E-state index contributed by atoms with van der Waals surface area (Å²) in [6.07, 6.45) is 2.30. The van der Waals surface area contributed by atoms with Gasteiger partial charge in [-0.3, -0.25) is 0 Å². The van der Waals surface area contributed by atoms with Crippen LogP contribution in [0.2, 0.25) is 0 Å². The van der Waals surface area contributed by atoms with Gasteiger partial charge in [0.05, 0.1) is 34.1 Å². The molecule has 0 saturated carbocycles. The molecule has 5 aromatic rings. The molecule has 2 heterocycles. The predicted molar refractivity (Wildman–Crippen MR) is 120 cm³/mol. The normalized spacial score (nSPS) is 13.1. The Bertz CT molecular complexity index is 1530. The fraction of sp³-hybridized carbons (Fsp3) is 0.125. The molecule has 0 aliphatic heterocycles. The van der Waals surface area contributed by atoms with Crippen LogP contribution in [-0.4, -0.2) is 27.0 Å². The average Bonchev–Trinajstić information content (AvgIpc) is 3.34. The van der Waals surface area contributed by atoms with Gasteiger partial charge in [-0.15, -0.1) is 0 Å². The Balaban J connectivity index is 1.80. The van der Waals surface area contributed by atoms with Crippen molar-refractivity contribution in [1.82, 2.24) is 13.5 Å². The molecule has 0 saturated heterocycles. The monoisotopic (exact) mass is 431 g/mol. The van der Waals surface area contributed by atoms with Crippen molar-refractivity contribution in [2.45, 2.75) is 17.9 Å². The van der Waals surface area contributed by atoms with Gasteiger partial charge < -0.3 is 9.67 Å². The van der Waals surface area contributed by atoms with E-state index in [1.54, 1.807) is 53.5 Å². The second kappa shape index (κ2) is 7.08. The number of benzene rings is 3. The lowest BCUT2D eigenvalue weighted by molar-refractivity contribution is 0.211. The van der Waals surface area contributed by atoms with E-state index in [-0.39, 0.29) is 4.90 Å². The molecule has 2 aromatic heterocycles. The smallest absolute Gasteiger partial charge is 0.268 e. The van der Waals surface area contributed by atoms with Crippen LogP contribution < -0.4 is 0 Å². The van der Waals surface area contributed by atoms with Crippen LogP contribution in [0.5, 0.6) is 0 Å². The van der Waals surface area contributed by atoms with Crippen molar-refractivity contribution >= 4 is 31.8 Å². The van der Waals surface area contributed by atoms with Crippen LogP contribution >= 0.6 is 0 Å². The number of aryl methyl sites for hydroxylation is 2. The molecule has 0 amide bonds. The maximum Gasteiger partial charge on any atom is 0.268 e. The number of hydrogen-bond donors (Lipinski definition) is 1. The number of aliphatic hydroxyl groups is 1. The molecule has 6 nitrogen and oxygen atoms in total. The van der Waals surface area contributed by atoms with Gasteiger partial charge in [-0.2, -0.15) is 0 Å². The fourth-order valence-corrected chi connectivity index (χ4v) is 5.52. The minimum atomic E-state index is -3.85. The van der Waals surface area contributed by atoms with E-state index in [0.29, 0.717) is 22.3 Å². The van der Waals surface area contributed by atoms with Gasteiger partial charge in [-0.1, -0.05) is 48.0 Å². The summed E-state index contributed by atoms with van der Waals surface area (Å²) in [6.45, 7) is 1.92. The molecule has 0 spiro atoms. The van der Waals surface area contributed by atoms with E-state index in [9.17, 15) is 13.5 Å². The highest BCUT2D eigenvalue weighted by molar-refractivity contribution is 7.90. The summed E-state index contributed by atoms with van der Waals surface area (Å²) in [5, 5.41) is 12.6. The maximum absolute atomic E-state index is 13.7. The van der Waals surface area contributed by atoms with E-state index >= 15 is 0 Å². The molecule has 0 aliphatic rings. The first-order valence-corrected chi connectivity index (χ1v) is 11.3. The SMILES string of the molecule is Cc1ccc(S(=O)(=O)n2c3ccccc3c3ccc(C(O)c4cncn4C)cc32)cc1. The lowest BCUT2D eigenvalue weighted by atomic mass is 10.0. The molecule has 156 valence electrons. The first-order chi connectivity index (χ1) is 14.9. The summed E-state index contributed by atoms with van der Waals surface area (Å²) in [6, 6.07) is 19.7. The molecule has 31 heavy (non-hydrogen) atoms. The first-order valence-electron chi connectivity index (χ1n) is 9.87. The highest BCUT2D eigenvalue weighted by atomic mass is 32.2. The second-order valence-electron chi connectivity index (χ2n) is 7.71. The Morgan fingerprint density at radius 1 is 0.935 bits per heavy atom. The molecule has 7 heteroatoms. The second-order valence-corrected chi connectivity index (χ2v) is 9.49. The molecule has 0 fully saturated rings. The molecule has 5 rings (SSSR count). The van der Waals surface area contributed by atoms with Crippen molar-refractivity contribution in [3.05, 3.63) is 96.1 Å². The summed E-state index contributed by atoms with van der Waals surface area (Å²) < 4.78 is 30.5. The van der Waals surface area contributed by atoms with E-state index in [4.69, 9.17) is 0 Å². The highest BCUT2D eigenvalue weighted by Crippen LogP contribution is 2.35. The van der Waals surface area contributed by atoms with Crippen molar-refractivity contribution in [3.8, 4) is 0 Å². The number of fused-ring (bicyclic) bond motifs is 3. The van der Waals surface area contributed by atoms with Crippen LogP contribution in [0.3, 0.4) is 0 Å². The van der Waals surface area contributed by atoms with Crippen molar-refractivity contribution in [2.24, 2.45) is 7.05 Å². The molecule has 1 unspecified atom stereocenters. The van der Waals surface area contributed by atoms with E-state index < -0.39 is 16.1 Å². The van der Waals surface area contributed by atoms with E-state index in [1.165, 1.54) is 3.97 Å². The summed E-state index contributed by atoms with van der Waals surface area (Å²) in [5.74, 6) is 0. The third kappa shape index (κ3) is 3.05. The molecule has 0 bridgehead atoms. The van der Waals surface area contributed by atoms with Crippen LogP contribution in [0.4, 0.5) is 0 Å². The van der Waals surface area contributed by atoms with Gasteiger partial charge in [0.15, 0.2) is 0 Å². The van der Waals surface area contributed by atoms with Crippen LogP contribution in [0.15, 0.2) is 84.1 Å². The largest absolute Gasteiger partial charge is 0.382 e.